The molecule has 0 spiro atoms. The lowest BCUT2D eigenvalue weighted by Gasteiger charge is -2.18. The Hall–Kier alpha value is -5.66. The molecule has 0 aliphatic heterocycles. The molecular weight excluding hydrogens is 520 g/mol. The van der Waals surface area contributed by atoms with Crippen molar-refractivity contribution >= 4 is 54.1 Å². The zero-order valence-electron chi connectivity index (χ0n) is 23.4. The summed E-state index contributed by atoms with van der Waals surface area (Å²) in [6.07, 6.45) is 0. The van der Waals surface area contributed by atoms with Crippen LogP contribution >= 0.6 is 0 Å². The average Bonchev–Trinajstić information content (AvgIpc) is 3.52. The molecule has 9 aromatic rings. The molecule has 0 amide bonds. The highest BCUT2D eigenvalue weighted by Crippen LogP contribution is 2.45. The van der Waals surface area contributed by atoms with Gasteiger partial charge in [-0.2, -0.15) is 0 Å². The summed E-state index contributed by atoms with van der Waals surface area (Å²) in [5.74, 6) is 0.897. The zero-order valence-corrected chi connectivity index (χ0v) is 23.4. The lowest BCUT2D eigenvalue weighted by molar-refractivity contribution is 0.632. The van der Waals surface area contributed by atoms with Crippen LogP contribution in [0, 0.1) is 0 Å². The number of hydrogen-bond acceptors (Lipinski definition) is 1. The van der Waals surface area contributed by atoms with Crippen molar-refractivity contribution < 1.29 is 4.42 Å². The Morgan fingerprint density at radius 3 is 1.51 bits per heavy atom. The second-order valence-electron chi connectivity index (χ2n) is 11.3. The molecule has 0 atom stereocenters. The van der Waals surface area contributed by atoms with E-state index < -0.39 is 0 Å². The van der Waals surface area contributed by atoms with Gasteiger partial charge in [0, 0.05) is 10.9 Å². The fourth-order valence-electron chi connectivity index (χ4n) is 6.85. The van der Waals surface area contributed by atoms with Crippen molar-refractivity contribution in [1.82, 2.24) is 0 Å². The number of rotatable bonds is 3. The second-order valence-corrected chi connectivity index (χ2v) is 11.3. The molecule has 8 aromatic carbocycles. The SMILES string of the molecule is c1ccc(-c2cc3c(ccc4cc(-c5c6ccccc6c(-c6ccc7ccccc7c6)c6ccccc56)ccc43)o2)cc1. The first kappa shape index (κ1) is 24.0. The van der Waals surface area contributed by atoms with Crippen LogP contribution in [0.25, 0.3) is 87.6 Å². The lowest BCUT2D eigenvalue weighted by atomic mass is 9.85. The van der Waals surface area contributed by atoms with Crippen molar-refractivity contribution in [3.63, 3.8) is 0 Å². The molecule has 9 rings (SSSR count). The second kappa shape index (κ2) is 9.44. The minimum Gasteiger partial charge on any atom is -0.456 e. The Bertz CT molecular complexity index is 2440. The Balaban J connectivity index is 1.29. The van der Waals surface area contributed by atoms with Crippen molar-refractivity contribution in [2.75, 3.05) is 0 Å². The third kappa shape index (κ3) is 3.79. The lowest BCUT2D eigenvalue weighted by Crippen LogP contribution is -1.91. The van der Waals surface area contributed by atoms with Crippen LogP contribution in [0.3, 0.4) is 0 Å². The van der Waals surface area contributed by atoms with E-state index >= 15 is 0 Å². The van der Waals surface area contributed by atoms with Gasteiger partial charge in [-0.3, -0.25) is 0 Å². The highest BCUT2D eigenvalue weighted by molar-refractivity contribution is 6.22. The summed E-state index contributed by atoms with van der Waals surface area (Å²) < 4.78 is 6.27. The van der Waals surface area contributed by atoms with E-state index in [1.54, 1.807) is 0 Å². The molecule has 0 fully saturated rings. The molecule has 200 valence electrons. The molecule has 0 aliphatic carbocycles. The topological polar surface area (TPSA) is 13.1 Å². The molecule has 0 aliphatic rings. The van der Waals surface area contributed by atoms with Crippen molar-refractivity contribution in [2.24, 2.45) is 0 Å². The van der Waals surface area contributed by atoms with Crippen molar-refractivity contribution in [3.8, 4) is 33.6 Å². The summed E-state index contributed by atoms with van der Waals surface area (Å²) in [7, 11) is 0. The standard InChI is InChI=1S/C42H26O/c1-2-11-28(12-3-1)40-26-38-33-22-20-32(25-30(33)21-23-39(38)43-40)42-36-16-8-6-14-34(36)41(35-15-7-9-17-37(35)42)31-19-18-27-10-4-5-13-29(27)24-31/h1-26H. The highest BCUT2D eigenvalue weighted by Gasteiger charge is 2.17. The van der Waals surface area contributed by atoms with Crippen LogP contribution in [0.1, 0.15) is 0 Å². The number of fused-ring (bicyclic) bond motifs is 6. The first-order valence-electron chi connectivity index (χ1n) is 14.8. The fourth-order valence-corrected chi connectivity index (χ4v) is 6.85. The Morgan fingerprint density at radius 2 is 0.837 bits per heavy atom. The van der Waals surface area contributed by atoms with Crippen LogP contribution < -0.4 is 0 Å². The van der Waals surface area contributed by atoms with Gasteiger partial charge in [-0.1, -0.05) is 133 Å². The Kier molecular flexibility index (Phi) is 5.27. The van der Waals surface area contributed by atoms with Crippen molar-refractivity contribution in [3.05, 3.63) is 158 Å². The fraction of sp³-hybridized carbons (Fsp3) is 0. The van der Waals surface area contributed by atoms with Gasteiger partial charge in [-0.25, -0.2) is 0 Å². The normalized spacial score (nSPS) is 11.7. The van der Waals surface area contributed by atoms with Gasteiger partial charge in [0.1, 0.15) is 11.3 Å². The third-order valence-electron chi connectivity index (χ3n) is 8.83. The van der Waals surface area contributed by atoms with Gasteiger partial charge in [0.15, 0.2) is 0 Å². The summed E-state index contributed by atoms with van der Waals surface area (Å²) in [5, 5.41) is 11.1. The quantitative estimate of drug-likeness (QED) is 0.201. The van der Waals surface area contributed by atoms with Gasteiger partial charge in [0.2, 0.25) is 0 Å². The van der Waals surface area contributed by atoms with Crippen LogP contribution in [0.4, 0.5) is 0 Å². The Morgan fingerprint density at radius 1 is 0.302 bits per heavy atom. The van der Waals surface area contributed by atoms with Gasteiger partial charge >= 0.3 is 0 Å². The molecular formula is C42H26O. The van der Waals surface area contributed by atoms with E-state index in [0.717, 1.165) is 22.3 Å². The van der Waals surface area contributed by atoms with E-state index in [9.17, 15) is 0 Å². The zero-order chi connectivity index (χ0) is 28.3. The van der Waals surface area contributed by atoms with E-state index in [2.05, 4.69) is 140 Å². The molecule has 0 radical (unpaired) electrons. The minimum atomic E-state index is 0.897. The molecule has 0 N–H and O–H groups in total. The molecule has 0 saturated carbocycles. The van der Waals surface area contributed by atoms with Crippen molar-refractivity contribution in [2.45, 2.75) is 0 Å². The van der Waals surface area contributed by atoms with Crippen LogP contribution in [0.2, 0.25) is 0 Å². The molecule has 0 saturated heterocycles. The molecule has 43 heavy (non-hydrogen) atoms. The van der Waals surface area contributed by atoms with Gasteiger partial charge in [-0.15, -0.1) is 0 Å². The van der Waals surface area contributed by atoms with Crippen LogP contribution in [0.15, 0.2) is 162 Å². The molecule has 1 heterocycles. The van der Waals surface area contributed by atoms with Crippen LogP contribution in [-0.2, 0) is 0 Å². The maximum atomic E-state index is 6.27. The highest BCUT2D eigenvalue weighted by atomic mass is 16.3. The number of hydrogen-bond donors (Lipinski definition) is 0. The number of furan rings is 1. The molecule has 1 heteroatoms. The van der Waals surface area contributed by atoms with E-state index in [4.69, 9.17) is 4.42 Å². The summed E-state index contributed by atoms with van der Waals surface area (Å²) in [6.45, 7) is 0. The predicted octanol–water partition coefficient (Wildman–Crippen LogP) is 12.0. The van der Waals surface area contributed by atoms with E-state index in [0.29, 0.717) is 0 Å². The smallest absolute Gasteiger partial charge is 0.135 e. The van der Waals surface area contributed by atoms with E-state index in [-0.39, 0.29) is 0 Å². The maximum absolute atomic E-state index is 6.27. The van der Waals surface area contributed by atoms with Gasteiger partial charge in [-0.05, 0) is 89.6 Å². The number of benzene rings is 8. The van der Waals surface area contributed by atoms with Gasteiger partial charge in [0.05, 0.1) is 0 Å². The molecule has 1 nitrogen and oxygen atoms in total. The van der Waals surface area contributed by atoms with E-state index in [1.807, 2.05) is 18.2 Å². The average molecular weight is 547 g/mol. The van der Waals surface area contributed by atoms with Gasteiger partial charge in [0.25, 0.3) is 0 Å². The molecule has 0 bridgehead atoms. The Labute approximate surface area is 249 Å². The first-order chi connectivity index (χ1) is 21.3. The van der Waals surface area contributed by atoms with Crippen LogP contribution in [-0.4, -0.2) is 0 Å². The van der Waals surface area contributed by atoms with Gasteiger partial charge < -0.3 is 4.42 Å². The summed E-state index contributed by atoms with van der Waals surface area (Å²) in [5.41, 5.74) is 7.02. The minimum absolute atomic E-state index is 0.897. The molecule has 0 unspecified atom stereocenters. The first-order valence-corrected chi connectivity index (χ1v) is 14.8. The summed E-state index contributed by atoms with van der Waals surface area (Å²) in [4.78, 5) is 0. The largest absolute Gasteiger partial charge is 0.456 e. The maximum Gasteiger partial charge on any atom is 0.135 e. The summed E-state index contributed by atoms with van der Waals surface area (Å²) >= 11 is 0. The van der Waals surface area contributed by atoms with E-state index in [1.165, 1.54) is 65.3 Å². The van der Waals surface area contributed by atoms with Crippen molar-refractivity contribution in [1.29, 1.82) is 0 Å². The van der Waals surface area contributed by atoms with Crippen LogP contribution in [0.5, 0.6) is 0 Å². The predicted molar refractivity (Wildman–Crippen MR) is 183 cm³/mol. The monoisotopic (exact) mass is 546 g/mol. The molecule has 1 aromatic heterocycles. The summed E-state index contributed by atoms with van der Waals surface area (Å²) in [6, 6.07) is 56.8. The third-order valence-corrected chi connectivity index (χ3v) is 8.83.